The second kappa shape index (κ2) is 5.57. The normalized spacial score (nSPS) is 16.8. The minimum Gasteiger partial charge on any atom is -0.506 e. The topological polar surface area (TPSA) is 58.4 Å². The monoisotopic (exact) mass is 333 g/mol. The van der Waals surface area contributed by atoms with Crippen LogP contribution in [0.5, 0.6) is 5.75 Å². The lowest BCUT2D eigenvalue weighted by molar-refractivity contribution is 0.0680. The maximum atomic E-state index is 12.9. The molecule has 1 aliphatic rings. The van der Waals surface area contributed by atoms with Gasteiger partial charge in [0.1, 0.15) is 5.75 Å². The summed E-state index contributed by atoms with van der Waals surface area (Å²) < 4.78 is 1.89. The molecule has 3 rings (SSSR count). The van der Waals surface area contributed by atoms with Crippen LogP contribution < -0.4 is 0 Å². The van der Waals surface area contributed by atoms with Gasteiger partial charge in [0.05, 0.1) is 11.2 Å². The molecule has 1 amide bonds. The van der Waals surface area contributed by atoms with E-state index < -0.39 is 0 Å². The predicted molar refractivity (Wildman–Crippen MR) is 88.6 cm³/mol. The SMILES string of the molecule is Cn1ncc2c1CC(C)(C)CN(C(=O)c1ccc(Cl)c(O)c1)C2. The smallest absolute Gasteiger partial charge is 0.254 e. The first kappa shape index (κ1) is 15.9. The summed E-state index contributed by atoms with van der Waals surface area (Å²) in [4.78, 5) is 14.7. The van der Waals surface area contributed by atoms with E-state index in [-0.39, 0.29) is 22.1 Å². The van der Waals surface area contributed by atoms with Crippen molar-refractivity contribution in [3.05, 3.63) is 46.2 Å². The fourth-order valence-electron chi connectivity index (χ4n) is 3.13. The molecule has 5 nitrogen and oxygen atoms in total. The van der Waals surface area contributed by atoms with E-state index in [2.05, 4.69) is 18.9 Å². The van der Waals surface area contributed by atoms with Crippen LogP contribution in [0.25, 0.3) is 0 Å². The number of aryl methyl sites for hydroxylation is 1. The molecule has 6 heteroatoms. The quantitative estimate of drug-likeness (QED) is 0.872. The number of benzene rings is 1. The zero-order chi connectivity index (χ0) is 16.8. The molecule has 0 spiro atoms. The van der Waals surface area contributed by atoms with Crippen LogP contribution in [0.1, 0.15) is 35.5 Å². The van der Waals surface area contributed by atoms with Crippen molar-refractivity contribution in [2.45, 2.75) is 26.8 Å². The van der Waals surface area contributed by atoms with Gasteiger partial charge < -0.3 is 10.0 Å². The number of carbonyl (C=O) groups is 1. The number of halogens is 1. The standard InChI is InChI=1S/C17H20ClN3O2/c1-17(2)7-14-12(8-19-20(14)3)9-21(10-17)16(23)11-4-5-13(18)15(22)6-11/h4-6,8,22H,7,9-10H2,1-3H3. The first-order valence-corrected chi connectivity index (χ1v) is 7.92. The fourth-order valence-corrected chi connectivity index (χ4v) is 3.25. The van der Waals surface area contributed by atoms with Gasteiger partial charge in [-0.1, -0.05) is 25.4 Å². The number of phenols is 1. The van der Waals surface area contributed by atoms with Crippen LogP contribution in [-0.2, 0) is 20.0 Å². The molecule has 1 aromatic heterocycles. The van der Waals surface area contributed by atoms with Gasteiger partial charge in [0.2, 0.25) is 0 Å². The fraction of sp³-hybridized carbons (Fsp3) is 0.412. The van der Waals surface area contributed by atoms with Crippen molar-refractivity contribution >= 4 is 17.5 Å². The molecule has 1 aromatic carbocycles. The van der Waals surface area contributed by atoms with Gasteiger partial charge in [0.15, 0.2) is 0 Å². The highest BCUT2D eigenvalue weighted by atomic mass is 35.5. The highest BCUT2D eigenvalue weighted by molar-refractivity contribution is 6.32. The summed E-state index contributed by atoms with van der Waals surface area (Å²) in [5.41, 5.74) is 2.63. The van der Waals surface area contributed by atoms with Crippen LogP contribution in [0, 0.1) is 5.41 Å². The van der Waals surface area contributed by atoms with E-state index in [1.54, 1.807) is 12.1 Å². The Balaban J connectivity index is 1.95. The van der Waals surface area contributed by atoms with Crippen LogP contribution in [-0.4, -0.2) is 32.2 Å². The molecule has 1 aliphatic heterocycles. The number of amides is 1. The van der Waals surface area contributed by atoms with Crippen LogP contribution in [0.4, 0.5) is 0 Å². The van der Waals surface area contributed by atoms with E-state index in [0.717, 1.165) is 12.0 Å². The van der Waals surface area contributed by atoms with Gasteiger partial charge in [-0.2, -0.15) is 5.10 Å². The first-order valence-electron chi connectivity index (χ1n) is 7.54. The third kappa shape index (κ3) is 3.06. The van der Waals surface area contributed by atoms with E-state index in [4.69, 9.17) is 11.6 Å². The minimum atomic E-state index is -0.109. The summed E-state index contributed by atoms with van der Waals surface area (Å²) in [7, 11) is 1.93. The number of fused-ring (bicyclic) bond motifs is 1. The summed E-state index contributed by atoms with van der Waals surface area (Å²) >= 11 is 5.83. The molecule has 0 atom stereocenters. The van der Waals surface area contributed by atoms with Crippen LogP contribution in [0.15, 0.2) is 24.4 Å². The zero-order valence-corrected chi connectivity index (χ0v) is 14.3. The summed E-state index contributed by atoms with van der Waals surface area (Å²) in [6.07, 6.45) is 2.70. The molecule has 0 unspecified atom stereocenters. The van der Waals surface area contributed by atoms with Crippen LogP contribution >= 0.6 is 11.6 Å². The second-order valence-electron chi connectivity index (χ2n) is 6.91. The summed E-state index contributed by atoms with van der Waals surface area (Å²) in [6.45, 7) is 5.46. The van der Waals surface area contributed by atoms with E-state index >= 15 is 0 Å². The predicted octanol–water partition coefficient (Wildman–Crippen LogP) is 3.00. The maximum absolute atomic E-state index is 12.9. The van der Waals surface area contributed by atoms with E-state index in [9.17, 15) is 9.90 Å². The summed E-state index contributed by atoms with van der Waals surface area (Å²) in [5, 5.41) is 14.3. The third-order valence-electron chi connectivity index (χ3n) is 4.25. The highest BCUT2D eigenvalue weighted by Crippen LogP contribution is 2.31. The van der Waals surface area contributed by atoms with Gasteiger partial charge in [-0.15, -0.1) is 0 Å². The average Bonchev–Trinajstić information content (AvgIpc) is 2.73. The number of aromatic nitrogens is 2. The molecule has 1 N–H and O–H groups in total. The zero-order valence-electron chi connectivity index (χ0n) is 13.5. The number of hydrogen-bond acceptors (Lipinski definition) is 3. The van der Waals surface area contributed by atoms with Crippen LogP contribution in [0.2, 0.25) is 5.02 Å². The Morgan fingerprint density at radius 1 is 1.39 bits per heavy atom. The Bertz CT molecular complexity index is 767. The van der Waals surface area contributed by atoms with Gasteiger partial charge in [-0.3, -0.25) is 9.48 Å². The number of hydrogen-bond donors (Lipinski definition) is 1. The molecule has 0 saturated heterocycles. The third-order valence-corrected chi connectivity index (χ3v) is 4.57. The lowest BCUT2D eigenvalue weighted by Gasteiger charge is -2.29. The molecular weight excluding hydrogens is 314 g/mol. The number of aromatic hydroxyl groups is 1. The Labute approximate surface area is 140 Å². The largest absolute Gasteiger partial charge is 0.506 e. The Morgan fingerprint density at radius 3 is 2.83 bits per heavy atom. The number of nitrogens with zero attached hydrogens (tertiary/aromatic N) is 3. The van der Waals surface area contributed by atoms with E-state index in [0.29, 0.717) is 18.7 Å². The molecule has 0 aliphatic carbocycles. The number of carbonyl (C=O) groups excluding carboxylic acids is 1. The van der Waals surface area contributed by atoms with Crippen molar-refractivity contribution < 1.29 is 9.90 Å². The molecule has 122 valence electrons. The molecule has 0 saturated carbocycles. The lowest BCUT2D eigenvalue weighted by Crippen LogP contribution is -2.37. The van der Waals surface area contributed by atoms with Crippen molar-refractivity contribution in [2.75, 3.05) is 6.54 Å². The van der Waals surface area contributed by atoms with Crippen molar-refractivity contribution in [3.8, 4) is 5.75 Å². The summed E-state index contributed by atoms with van der Waals surface area (Å²) in [6, 6.07) is 4.61. The van der Waals surface area contributed by atoms with Gasteiger partial charge in [0.25, 0.3) is 5.91 Å². The van der Waals surface area contributed by atoms with Gasteiger partial charge in [-0.05, 0) is 30.0 Å². The van der Waals surface area contributed by atoms with Crippen LogP contribution in [0.3, 0.4) is 0 Å². The van der Waals surface area contributed by atoms with Gasteiger partial charge >= 0.3 is 0 Å². The van der Waals surface area contributed by atoms with Crippen molar-refractivity contribution in [3.63, 3.8) is 0 Å². The Morgan fingerprint density at radius 2 is 2.13 bits per heavy atom. The molecule has 23 heavy (non-hydrogen) atoms. The Hall–Kier alpha value is -2.01. The van der Waals surface area contributed by atoms with Crippen molar-refractivity contribution in [1.29, 1.82) is 0 Å². The molecule has 0 fully saturated rings. The molecule has 0 bridgehead atoms. The van der Waals surface area contributed by atoms with E-state index in [1.807, 2.05) is 22.8 Å². The van der Waals surface area contributed by atoms with Crippen molar-refractivity contribution in [1.82, 2.24) is 14.7 Å². The van der Waals surface area contributed by atoms with E-state index in [1.165, 1.54) is 11.8 Å². The van der Waals surface area contributed by atoms with Gasteiger partial charge in [-0.25, -0.2) is 0 Å². The Kier molecular flexibility index (Phi) is 3.84. The second-order valence-corrected chi connectivity index (χ2v) is 7.32. The molecule has 2 aromatic rings. The first-order chi connectivity index (χ1) is 10.8. The van der Waals surface area contributed by atoms with Crippen molar-refractivity contribution in [2.24, 2.45) is 12.5 Å². The summed E-state index contributed by atoms with van der Waals surface area (Å²) in [5.74, 6) is -0.185. The lowest BCUT2D eigenvalue weighted by atomic mass is 9.87. The molecular formula is C17H20ClN3O2. The minimum absolute atomic E-state index is 0.0524. The molecule has 2 heterocycles. The maximum Gasteiger partial charge on any atom is 0.254 e. The average molecular weight is 334 g/mol. The number of phenolic OH excluding ortho intramolecular Hbond substituents is 1. The number of rotatable bonds is 1. The highest BCUT2D eigenvalue weighted by Gasteiger charge is 2.32. The van der Waals surface area contributed by atoms with Gasteiger partial charge in [0, 0.05) is 37.0 Å². The molecule has 0 radical (unpaired) electrons.